The van der Waals surface area contributed by atoms with Crippen molar-refractivity contribution in [3.05, 3.63) is 59.4 Å². The van der Waals surface area contributed by atoms with Crippen LogP contribution < -0.4 is 5.32 Å². The molecule has 142 valence electrons. The smallest absolute Gasteiger partial charge is 0.307 e. The van der Waals surface area contributed by atoms with E-state index in [0.29, 0.717) is 17.1 Å². The Bertz CT molecular complexity index is 1100. The molecule has 0 bridgehead atoms. The average molecular weight is 396 g/mol. The molecule has 0 saturated heterocycles. The van der Waals surface area contributed by atoms with Gasteiger partial charge < -0.3 is 14.5 Å². The number of fused-ring (bicyclic) bond motifs is 1. The van der Waals surface area contributed by atoms with E-state index in [1.54, 1.807) is 12.3 Å². The fourth-order valence-electron chi connectivity index (χ4n) is 2.61. The monoisotopic (exact) mass is 396 g/mol. The average Bonchev–Trinajstić information content (AvgIpc) is 3.46. The van der Waals surface area contributed by atoms with Crippen molar-refractivity contribution in [3.63, 3.8) is 0 Å². The van der Waals surface area contributed by atoms with Crippen LogP contribution in [0, 0.1) is 0 Å². The number of ether oxygens (including phenoxy) is 1. The number of rotatable bonds is 7. The van der Waals surface area contributed by atoms with Gasteiger partial charge in [-0.3, -0.25) is 14.7 Å². The van der Waals surface area contributed by atoms with Gasteiger partial charge in [0, 0.05) is 17.3 Å². The van der Waals surface area contributed by atoms with Crippen molar-refractivity contribution in [1.29, 1.82) is 0 Å². The minimum atomic E-state index is -0.417. The maximum atomic E-state index is 12.2. The molecular formula is C19H16N4O4S. The van der Waals surface area contributed by atoms with E-state index in [-0.39, 0.29) is 25.5 Å². The molecule has 0 fully saturated rings. The van der Waals surface area contributed by atoms with Crippen molar-refractivity contribution in [2.24, 2.45) is 0 Å². The predicted molar refractivity (Wildman–Crippen MR) is 103 cm³/mol. The van der Waals surface area contributed by atoms with Crippen molar-refractivity contribution in [2.75, 3.05) is 6.54 Å². The summed E-state index contributed by atoms with van der Waals surface area (Å²) in [7, 11) is 0. The van der Waals surface area contributed by atoms with Crippen LogP contribution in [0.3, 0.4) is 0 Å². The number of aromatic amines is 1. The number of furan rings is 1. The maximum absolute atomic E-state index is 12.2. The molecule has 1 aromatic carbocycles. The summed E-state index contributed by atoms with van der Waals surface area (Å²) < 4.78 is 10.5. The van der Waals surface area contributed by atoms with Gasteiger partial charge in [0.25, 0.3) is 5.91 Å². The van der Waals surface area contributed by atoms with Crippen LogP contribution in [0.25, 0.3) is 21.7 Å². The number of nitrogens with zero attached hydrogens (tertiary/aromatic N) is 2. The highest BCUT2D eigenvalue weighted by Gasteiger charge is 2.14. The molecule has 0 aliphatic carbocycles. The Kier molecular flexibility index (Phi) is 5.16. The van der Waals surface area contributed by atoms with E-state index in [2.05, 4.69) is 20.5 Å². The van der Waals surface area contributed by atoms with E-state index in [4.69, 9.17) is 9.15 Å². The molecule has 3 aromatic heterocycles. The number of amides is 1. The first-order chi connectivity index (χ1) is 13.7. The zero-order valence-corrected chi connectivity index (χ0v) is 15.5. The van der Waals surface area contributed by atoms with Crippen molar-refractivity contribution in [2.45, 2.75) is 13.0 Å². The standard InChI is InChI=1S/C19H16N4O4S/c24-16(27-10-12-11-28-19(21-12)15-6-3-9-26-15)7-8-20-18(25)17-13-4-1-2-5-14(13)22-23-17/h1-6,9,11H,7-8,10H2,(H,20,25)(H,22,23). The highest BCUT2D eigenvalue weighted by atomic mass is 32.1. The van der Waals surface area contributed by atoms with Gasteiger partial charge >= 0.3 is 5.97 Å². The molecule has 28 heavy (non-hydrogen) atoms. The number of aromatic nitrogens is 3. The van der Waals surface area contributed by atoms with Gasteiger partial charge in [-0.05, 0) is 18.2 Å². The van der Waals surface area contributed by atoms with E-state index >= 15 is 0 Å². The van der Waals surface area contributed by atoms with Crippen LogP contribution in [-0.2, 0) is 16.1 Å². The highest BCUT2D eigenvalue weighted by molar-refractivity contribution is 7.13. The first-order valence-electron chi connectivity index (χ1n) is 8.56. The van der Waals surface area contributed by atoms with Crippen LogP contribution in [0.15, 0.2) is 52.5 Å². The lowest BCUT2D eigenvalue weighted by Gasteiger charge is -2.04. The topological polar surface area (TPSA) is 110 Å². The SMILES string of the molecule is O=C(CCNC(=O)c1n[nH]c2ccccc12)OCc1csc(-c2ccco2)n1. The number of hydrogen-bond acceptors (Lipinski definition) is 7. The number of H-pyrrole nitrogens is 1. The van der Waals surface area contributed by atoms with Gasteiger partial charge in [-0.2, -0.15) is 5.10 Å². The Morgan fingerprint density at radius 1 is 1.21 bits per heavy atom. The van der Waals surface area contributed by atoms with Gasteiger partial charge in [-0.25, -0.2) is 4.98 Å². The van der Waals surface area contributed by atoms with Crippen LogP contribution >= 0.6 is 11.3 Å². The molecule has 9 heteroatoms. The van der Waals surface area contributed by atoms with E-state index in [1.165, 1.54) is 11.3 Å². The van der Waals surface area contributed by atoms with Crippen molar-refractivity contribution >= 4 is 34.1 Å². The molecule has 2 N–H and O–H groups in total. The summed E-state index contributed by atoms with van der Waals surface area (Å²) in [4.78, 5) is 28.5. The molecule has 4 aromatic rings. The number of nitrogens with one attached hydrogen (secondary N) is 2. The van der Waals surface area contributed by atoms with Gasteiger partial charge in [-0.15, -0.1) is 11.3 Å². The number of benzene rings is 1. The molecule has 0 radical (unpaired) electrons. The summed E-state index contributed by atoms with van der Waals surface area (Å²) in [6, 6.07) is 11.0. The fraction of sp³-hybridized carbons (Fsp3) is 0.158. The molecule has 1 amide bonds. The largest absolute Gasteiger partial charge is 0.462 e. The Morgan fingerprint density at radius 3 is 2.96 bits per heavy atom. The van der Waals surface area contributed by atoms with E-state index in [9.17, 15) is 9.59 Å². The minimum absolute atomic E-state index is 0.0588. The third-order valence-corrected chi connectivity index (χ3v) is 4.87. The summed E-state index contributed by atoms with van der Waals surface area (Å²) >= 11 is 1.42. The van der Waals surface area contributed by atoms with E-state index < -0.39 is 5.97 Å². The lowest BCUT2D eigenvalue weighted by atomic mass is 10.2. The van der Waals surface area contributed by atoms with Crippen LogP contribution in [-0.4, -0.2) is 33.6 Å². The van der Waals surface area contributed by atoms with Crippen molar-refractivity contribution < 1.29 is 18.7 Å². The maximum Gasteiger partial charge on any atom is 0.307 e. The molecule has 8 nitrogen and oxygen atoms in total. The Labute approximate surface area is 163 Å². The lowest BCUT2D eigenvalue weighted by Crippen LogP contribution is -2.27. The number of carbonyl (C=O) groups is 2. The third kappa shape index (κ3) is 3.94. The molecule has 0 saturated carbocycles. The van der Waals surface area contributed by atoms with Gasteiger partial charge in [-0.1, -0.05) is 18.2 Å². The van der Waals surface area contributed by atoms with E-state index in [1.807, 2.05) is 35.7 Å². The second-order valence-corrected chi connectivity index (χ2v) is 6.76. The van der Waals surface area contributed by atoms with Crippen LogP contribution in [0.2, 0.25) is 0 Å². The number of thiazole rings is 1. The zero-order valence-electron chi connectivity index (χ0n) is 14.7. The van der Waals surface area contributed by atoms with Crippen molar-refractivity contribution in [3.8, 4) is 10.8 Å². The summed E-state index contributed by atoms with van der Waals surface area (Å²) in [5.74, 6) is -0.0799. The van der Waals surface area contributed by atoms with Crippen LogP contribution in [0.4, 0.5) is 0 Å². The zero-order chi connectivity index (χ0) is 19.3. The minimum Gasteiger partial charge on any atom is -0.462 e. The molecular weight excluding hydrogens is 380 g/mol. The Balaban J connectivity index is 1.23. The quantitative estimate of drug-likeness (QED) is 0.464. The first-order valence-corrected chi connectivity index (χ1v) is 9.44. The van der Waals surface area contributed by atoms with Crippen molar-refractivity contribution in [1.82, 2.24) is 20.5 Å². The molecule has 0 spiro atoms. The second-order valence-electron chi connectivity index (χ2n) is 5.91. The fourth-order valence-corrected chi connectivity index (χ4v) is 3.38. The van der Waals surface area contributed by atoms with Gasteiger partial charge in [0.15, 0.2) is 16.5 Å². The van der Waals surface area contributed by atoms with E-state index in [0.717, 1.165) is 15.9 Å². The van der Waals surface area contributed by atoms with Crippen LogP contribution in [0.1, 0.15) is 22.6 Å². The molecule has 4 rings (SSSR count). The molecule has 3 heterocycles. The number of para-hydroxylation sites is 1. The summed E-state index contributed by atoms with van der Waals surface area (Å²) in [6.07, 6.45) is 1.64. The number of carbonyl (C=O) groups excluding carboxylic acids is 2. The highest BCUT2D eigenvalue weighted by Crippen LogP contribution is 2.24. The molecule has 0 unspecified atom stereocenters. The Morgan fingerprint density at radius 2 is 2.11 bits per heavy atom. The molecule has 0 aliphatic rings. The normalized spacial score (nSPS) is 10.9. The third-order valence-electron chi connectivity index (χ3n) is 3.96. The number of esters is 1. The molecule has 0 atom stereocenters. The van der Waals surface area contributed by atoms with Gasteiger partial charge in [0.2, 0.25) is 0 Å². The Hall–Kier alpha value is -3.46. The second kappa shape index (κ2) is 8.05. The van der Waals surface area contributed by atoms with Crippen LogP contribution in [0.5, 0.6) is 0 Å². The number of hydrogen-bond donors (Lipinski definition) is 2. The first kappa shape index (κ1) is 17.9. The van der Waals surface area contributed by atoms with Gasteiger partial charge in [0.05, 0.1) is 23.9 Å². The summed E-state index contributed by atoms with van der Waals surface area (Å²) in [5.41, 5.74) is 1.73. The van der Waals surface area contributed by atoms with Gasteiger partial charge in [0.1, 0.15) is 6.61 Å². The lowest BCUT2D eigenvalue weighted by molar-refractivity contribution is -0.144. The predicted octanol–water partition coefficient (Wildman–Crippen LogP) is 3.14. The summed E-state index contributed by atoms with van der Waals surface area (Å²) in [6.45, 7) is 0.238. The summed E-state index contributed by atoms with van der Waals surface area (Å²) in [5, 5.41) is 12.8. The molecule has 0 aliphatic heterocycles.